The van der Waals surface area contributed by atoms with Gasteiger partial charge in [0.25, 0.3) is 0 Å². The van der Waals surface area contributed by atoms with Crippen molar-refractivity contribution in [1.82, 2.24) is 5.32 Å². The lowest BCUT2D eigenvalue weighted by Gasteiger charge is -2.08. The van der Waals surface area contributed by atoms with Crippen LogP contribution in [0, 0.1) is 0 Å². The second-order valence-corrected chi connectivity index (χ2v) is 5.73. The average molecular weight is 275 g/mol. The van der Waals surface area contributed by atoms with Gasteiger partial charge < -0.3 is 10.4 Å². The SMILES string of the molecule is OCCCSCCNCc1cccc2ccccc12. The molecule has 0 aliphatic heterocycles. The fourth-order valence-corrected chi connectivity index (χ4v) is 2.91. The first-order valence-electron chi connectivity index (χ1n) is 6.78. The minimum atomic E-state index is 0.302. The molecule has 0 unspecified atom stereocenters. The summed E-state index contributed by atoms with van der Waals surface area (Å²) in [5.74, 6) is 2.15. The number of aliphatic hydroxyl groups excluding tert-OH is 1. The Labute approximate surface area is 119 Å². The number of nitrogens with one attached hydrogen (secondary N) is 1. The molecule has 0 fully saturated rings. The van der Waals surface area contributed by atoms with Crippen LogP contribution in [0.4, 0.5) is 0 Å². The molecule has 0 spiro atoms. The molecule has 0 saturated carbocycles. The van der Waals surface area contributed by atoms with Crippen molar-refractivity contribution in [3.63, 3.8) is 0 Å². The number of benzene rings is 2. The minimum absolute atomic E-state index is 0.302. The van der Waals surface area contributed by atoms with Crippen LogP contribution in [0.2, 0.25) is 0 Å². The van der Waals surface area contributed by atoms with E-state index in [0.29, 0.717) is 6.61 Å². The lowest BCUT2D eigenvalue weighted by molar-refractivity contribution is 0.296. The van der Waals surface area contributed by atoms with Gasteiger partial charge in [-0.05, 0) is 28.5 Å². The number of aliphatic hydroxyl groups is 1. The van der Waals surface area contributed by atoms with Gasteiger partial charge in [-0.1, -0.05) is 42.5 Å². The molecule has 2 aromatic rings. The van der Waals surface area contributed by atoms with E-state index in [9.17, 15) is 0 Å². The summed E-state index contributed by atoms with van der Waals surface area (Å²) in [4.78, 5) is 0. The van der Waals surface area contributed by atoms with Gasteiger partial charge in [0.2, 0.25) is 0 Å². The zero-order valence-electron chi connectivity index (χ0n) is 11.1. The van der Waals surface area contributed by atoms with E-state index in [4.69, 9.17) is 5.11 Å². The van der Waals surface area contributed by atoms with Crippen molar-refractivity contribution < 1.29 is 5.11 Å². The van der Waals surface area contributed by atoms with Crippen molar-refractivity contribution in [1.29, 1.82) is 0 Å². The topological polar surface area (TPSA) is 32.3 Å². The van der Waals surface area contributed by atoms with E-state index in [0.717, 1.165) is 31.0 Å². The molecule has 0 saturated heterocycles. The molecule has 3 heteroatoms. The van der Waals surface area contributed by atoms with Crippen LogP contribution < -0.4 is 5.32 Å². The molecule has 0 heterocycles. The Kier molecular flexibility index (Phi) is 6.21. The predicted molar refractivity (Wildman–Crippen MR) is 84.7 cm³/mol. The van der Waals surface area contributed by atoms with Crippen LogP contribution in [0.15, 0.2) is 42.5 Å². The zero-order valence-corrected chi connectivity index (χ0v) is 12.0. The molecule has 2 aromatic carbocycles. The second kappa shape index (κ2) is 8.20. The Morgan fingerprint density at radius 3 is 2.74 bits per heavy atom. The molecule has 102 valence electrons. The van der Waals surface area contributed by atoms with Crippen molar-refractivity contribution >= 4 is 22.5 Å². The maximum absolute atomic E-state index is 8.69. The summed E-state index contributed by atoms with van der Waals surface area (Å²) in [6, 6.07) is 15.0. The van der Waals surface area contributed by atoms with Crippen LogP contribution in [0.1, 0.15) is 12.0 Å². The molecule has 0 aromatic heterocycles. The Morgan fingerprint density at radius 1 is 1.00 bits per heavy atom. The van der Waals surface area contributed by atoms with Gasteiger partial charge >= 0.3 is 0 Å². The lowest BCUT2D eigenvalue weighted by atomic mass is 10.0. The summed E-state index contributed by atoms with van der Waals surface area (Å²) in [5.41, 5.74) is 1.36. The number of fused-ring (bicyclic) bond motifs is 1. The third-order valence-electron chi connectivity index (χ3n) is 3.07. The van der Waals surface area contributed by atoms with Crippen LogP contribution in [0.25, 0.3) is 10.8 Å². The maximum atomic E-state index is 8.69. The zero-order chi connectivity index (χ0) is 13.3. The first-order valence-corrected chi connectivity index (χ1v) is 7.93. The van der Waals surface area contributed by atoms with E-state index in [1.165, 1.54) is 16.3 Å². The molecule has 0 radical (unpaired) electrons. The Hall–Kier alpha value is -1.03. The van der Waals surface area contributed by atoms with Crippen LogP contribution in [0.5, 0.6) is 0 Å². The van der Waals surface area contributed by atoms with Crippen molar-refractivity contribution in [3.8, 4) is 0 Å². The maximum Gasteiger partial charge on any atom is 0.0438 e. The first-order chi connectivity index (χ1) is 9.42. The molecule has 0 aliphatic carbocycles. The van der Waals surface area contributed by atoms with Gasteiger partial charge in [-0.3, -0.25) is 0 Å². The third-order valence-corrected chi connectivity index (χ3v) is 4.14. The number of hydrogen-bond acceptors (Lipinski definition) is 3. The normalized spacial score (nSPS) is 11.0. The highest BCUT2D eigenvalue weighted by Crippen LogP contribution is 2.18. The van der Waals surface area contributed by atoms with Crippen LogP contribution in [-0.2, 0) is 6.54 Å². The summed E-state index contributed by atoms with van der Waals surface area (Å²) in [6.45, 7) is 2.23. The van der Waals surface area contributed by atoms with E-state index in [-0.39, 0.29) is 0 Å². The first kappa shape index (κ1) is 14.4. The van der Waals surface area contributed by atoms with Crippen molar-refractivity contribution in [2.24, 2.45) is 0 Å². The van der Waals surface area contributed by atoms with Gasteiger partial charge in [0, 0.05) is 25.4 Å². The van der Waals surface area contributed by atoms with Crippen molar-refractivity contribution in [2.75, 3.05) is 24.7 Å². The molecular formula is C16H21NOS. The molecule has 0 atom stereocenters. The lowest BCUT2D eigenvalue weighted by Crippen LogP contribution is -2.16. The summed E-state index contributed by atoms with van der Waals surface area (Å²) < 4.78 is 0. The van der Waals surface area contributed by atoms with E-state index in [1.807, 2.05) is 11.8 Å². The fraction of sp³-hybridized carbons (Fsp3) is 0.375. The molecule has 0 amide bonds. The number of rotatable bonds is 8. The van der Waals surface area contributed by atoms with E-state index >= 15 is 0 Å². The average Bonchev–Trinajstić information content (AvgIpc) is 2.46. The largest absolute Gasteiger partial charge is 0.396 e. The Balaban J connectivity index is 1.78. The van der Waals surface area contributed by atoms with Gasteiger partial charge in [0.15, 0.2) is 0 Å². The molecular weight excluding hydrogens is 254 g/mol. The molecule has 0 bridgehead atoms. The van der Waals surface area contributed by atoms with Crippen LogP contribution >= 0.6 is 11.8 Å². The summed E-state index contributed by atoms with van der Waals surface area (Å²) in [7, 11) is 0. The highest BCUT2D eigenvalue weighted by molar-refractivity contribution is 7.99. The van der Waals surface area contributed by atoms with Gasteiger partial charge in [0.05, 0.1) is 0 Å². The predicted octanol–water partition coefficient (Wildman–Crippen LogP) is 3.05. The van der Waals surface area contributed by atoms with Crippen LogP contribution in [0.3, 0.4) is 0 Å². The quantitative estimate of drug-likeness (QED) is 0.726. The molecule has 19 heavy (non-hydrogen) atoms. The van der Waals surface area contributed by atoms with Crippen molar-refractivity contribution in [3.05, 3.63) is 48.0 Å². The van der Waals surface area contributed by atoms with Gasteiger partial charge in [0.1, 0.15) is 0 Å². The molecule has 2 nitrogen and oxygen atoms in total. The second-order valence-electron chi connectivity index (χ2n) is 4.50. The highest BCUT2D eigenvalue weighted by atomic mass is 32.2. The Morgan fingerprint density at radius 2 is 1.84 bits per heavy atom. The van der Waals surface area contributed by atoms with Gasteiger partial charge in [-0.25, -0.2) is 0 Å². The smallest absolute Gasteiger partial charge is 0.0438 e. The summed E-state index contributed by atoms with van der Waals surface area (Å²) >= 11 is 1.89. The highest BCUT2D eigenvalue weighted by Gasteiger charge is 1.99. The van der Waals surface area contributed by atoms with Gasteiger partial charge in [-0.2, -0.15) is 11.8 Å². The number of thioether (sulfide) groups is 1. The Bertz CT molecular complexity index is 496. The van der Waals surface area contributed by atoms with E-state index in [2.05, 4.69) is 47.8 Å². The molecule has 0 aliphatic rings. The number of hydrogen-bond donors (Lipinski definition) is 2. The van der Waals surface area contributed by atoms with Gasteiger partial charge in [-0.15, -0.1) is 0 Å². The minimum Gasteiger partial charge on any atom is -0.396 e. The third kappa shape index (κ3) is 4.53. The van der Waals surface area contributed by atoms with E-state index in [1.54, 1.807) is 0 Å². The van der Waals surface area contributed by atoms with Crippen molar-refractivity contribution in [2.45, 2.75) is 13.0 Å². The van der Waals surface area contributed by atoms with Crippen LogP contribution in [-0.4, -0.2) is 29.8 Å². The summed E-state index contributed by atoms with van der Waals surface area (Å²) in [5, 5.41) is 14.8. The van der Waals surface area contributed by atoms with E-state index < -0.39 is 0 Å². The standard InChI is InChI=1S/C16H21NOS/c18-10-4-11-19-12-9-17-13-15-7-3-6-14-5-1-2-8-16(14)15/h1-3,5-8,17-18H,4,9-13H2. The summed E-state index contributed by atoms with van der Waals surface area (Å²) in [6.07, 6.45) is 0.897. The fourth-order valence-electron chi connectivity index (χ4n) is 2.08. The monoisotopic (exact) mass is 275 g/mol. The molecule has 2 N–H and O–H groups in total. The molecule has 2 rings (SSSR count).